The molecular weight excluding hydrogens is 258 g/mol. The molecule has 2 aromatic rings. The predicted octanol–water partition coefficient (Wildman–Crippen LogP) is 2.06. The van der Waals surface area contributed by atoms with Crippen molar-refractivity contribution < 1.29 is 4.74 Å². The third-order valence-corrected chi connectivity index (χ3v) is 4.49. The molecule has 0 radical (unpaired) electrons. The van der Waals surface area contributed by atoms with Crippen molar-refractivity contribution in [2.24, 2.45) is 0 Å². The van der Waals surface area contributed by atoms with Gasteiger partial charge in [0, 0.05) is 39.4 Å². The highest BCUT2D eigenvalue weighted by molar-refractivity contribution is 7.17. The molecule has 1 aliphatic rings. The molecule has 0 aromatic carbocycles. The van der Waals surface area contributed by atoms with E-state index in [1.807, 2.05) is 6.20 Å². The first-order chi connectivity index (χ1) is 9.34. The lowest BCUT2D eigenvalue weighted by atomic mass is 10.3. The minimum Gasteiger partial charge on any atom is -0.379 e. The zero-order valence-electron chi connectivity index (χ0n) is 11.2. The number of pyridine rings is 1. The van der Waals surface area contributed by atoms with Crippen molar-refractivity contribution in [3.05, 3.63) is 23.7 Å². The van der Waals surface area contributed by atoms with Crippen LogP contribution in [0.25, 0.3) is 10.1 Å². The minimum atomic E-state index is 0.864. The fourth-order valence-corrected chi connectivity index (χ4v) is 3.31. The second kappa shape index (κ2) is 5.86. The van der Waals surface area contributed by atoms with E-state index in [1.165, 1.54) is 10.1 Å². The summed E-state index contributed by atoms with van der Waals surface area (Å²) < 4.78 is 6.66. The molecule has 0 aliphatic carbocycles. The molecule has 1 fully saturated rings. The topological polar surface area (TPSA) is 28.6 Å². The van der Waals surface area contributed by atoms with Crippen molar-refractivity contribution in [2.75, 3.05) is 51.3 Å². The Labute approximate surface area is 117 Å². The van der Waals surface area contributed by atoms with Crippen LogP contribution in [-0.4, -0.2) is 56.3 Å². The molecule has 0 bridgehead atoms. The van der Waals surface area contributed by atoms with Crippen molar-refractivity contribution in [3.63, 3.8) is 0 Å². The molecule has 0 amide bonds. The number of hydrogen-bond donors (Lipinski definition) is 0. The molecule has 1 aliphatic heterocycles. The van der Waals surface area contributed by atoms with E-state index in [0.717, 1.165) is 45.2 Å². The molecule has 3 heterocycles. The maximum absolute atomic E-state index is 5.37. The van der Waals surface area contributed by atoms with Crippen LogP contribution < -0.4 is 4.90 Å². The van der Waals surface area contributed by atoms with Crippen LogP contribution in [-0.2, 0) is 4.74 Å². The molecule has 0 atom stereocenters. The van der Waals surface area contributed by atoms with Crippen molar-refractivity contribution in [1.82, 2.24) is 9.88 Å². The maximum atomic E-state index is 5.37. The van der Waals surface area contributed by atoms with Gasteiger partial charge in [0.05, 0.1) is 17.9 Å². The summed E-state index contributed by atoms with van der Waals surface area (Å²) in [7, 11) is 2.13. The number of anilines is 1. The van der Waals surface area contributed by atoms with Gasteiger partial charge >= 0.3 is 0 Å². The normalized spacial score (nSPS) is 16.9. The molecule has 2 aromatic heterocycles. The Morgan fingerprint density at radius 1 is 1.37 bits per heavy atom. The summed E-state index contributed by atoms with van der Waals surface area (Å²) in [5, 5.41) is 3.42. The van der Waals surface area contributed by atoms with Crippen LogP contribution in [0.1, 0.15) is 0 Å². The molecule has 0 N–H and O–H groups in total. The zero-order valence-corrected chi connectivity index (χ0v) is 12.0. The Bertz CT molecular complexity index is 536. The number of nitrogens with zero attached hydrogens (tertiary/aromatic N) is 3. The van der Waals surface area contributed by atoms with E-state index in [4.69, 9.17) is 4.74 Å². The number of morpholine rings is 1. The Morgan fingerprint density at radius 2 is 2.21 bits per heavy atom. The average molecular weight is 277 g/mol. The first kappa shape index (κ1) is 12.8. The largest absolute Gasteiger partial charge is 0.379 e. The number of thiophene rings is 1. The summed E-state index contributed by atoms with van der Waals surface area (Å²) in [5.41, 5.74) is 0. The fraction of sp³-hybridized carbons (Fsp3) is 0.500. The first-order valence-corrected chi connectivity index (χ1v) is 7.56. The van der Waals surface area contributed by atoms with Gasteiger partial charge in [-0.1, -0.05) is 0 Å². The SMILES string of the molecule is CN(CCN1CCOCC1)c1nccc2ccsc12. The van der Waals surface area contributed by atoms with Gasteiger partial charge in [0.25, 0.3) is 0 Å². The lowest BCUT2D eigenvalue weighted by Gasteiger charge is -2.29. The van der Waals surface area contributed by atoms with Crippen LogP contribution in [0, 0.1) is 0 Å². The monoisotopic (exact) mass is 277 g/mol. The van der Waals surface area contributed by atoms with E-state index in [9.17, 15) is 0 Å². The van der Waals surface area contributed by atoms with Gasteiger partial charge in [-0.2, -0.15) is 0 Å². The zero-order chi connectivity index (χ0) is 13.1. The molecule has 102 valence electrons. The number of aromatic nitrogens is 1. The lowest BCUT2D eigenvalue weighted by molar-refractivity contribution is 0.0393. The molecule has 5 heteroatoms. The molecular formula is C14H19N3OS. The van der Waals surface area contributed by atoms with Gasteiger partial charge in [0.1, 0.15) is 5.82 Å². The minimum absolute atomic E-state index is 0.864. The second-order valence-corrected chi connectivity index (χ2v) is 5.77. The van der Waals surface area contributed by atoms with Crippen molar-refractivity contribution >= 4 is 27.2 Å². The van der Waals surface area contributed by atoms with Gasteiger partial charge in [-0.15, -0.1) is 11.3 Å². The second-order valence-electron chi connectivity index (χ2n) is 4.85. The summed E-state index contributed by atoms with van der Waals surface area (Å²) in [6.07, 6.45) is 1.90. The number of likely N-dealkylation sites (N-methyl/N-ethyl adjacent to an activating group) is 1. The first-order valence-electron chi connectivity index (χ1n) is 6.68. The standard InChI is InChI=1S/C14H19N3OS/c1-16(5-6-17-7-9-18-10-8-17)14-13-12(2-4-15-14)3-11-19-13/h2-4,11H,5-10H2,1H3. The van der Waals surface area contributed by atoms with Crippen LogP contribution in [0.15, 0.2) is 23.7 Å². The van der Waals surface area contributed by atoms with Crippen LogP contribution >= 0.6 is 11.3 Å². The van der Waals surface area contributed by atoms with Crippen LogP contribution in [0.4, 0.5) is 5.82 Å². The Morgan fingerprint density at radius 3 is 3.05 bits per heavy atom. The molecule has 0 saturated carbocycles. The number of ether oxygens (including phenoxy) is 1. The highest BCUT2D eigenvalue weighted by Crippen LogP contribution is 2.28. The van der Waals surface area contributed by atoms with Crippen molar-refractivity contribution in [2.45, 2.75) is 0 Å². The van der Waals surface area contributed by atoms with E-state index in [2.05, 4.69) is 39.3 Å². The van der Waals surface area contributed by atoms with Gasteiger partial charge in [0.15, 0.2) is 0 Å². The van der Waals surface area contributed by atoms with E-state index in [0.29, 0.717) is 0 Å². The summed E-state index contributed by atoms with van der Waals surface area (Å²) in [6.45, 7) is 5.90. The summed E-state index contributed by atoms with van der Waals surface area (Å²) in [5.74, 6) is 1.10. The van der Waals surface area contributed by atoms with E-state index >= 15 is 0 Å². The van der Waals surface area contributed by atoms with Gasteiger partial charge in [-0.3, -0.25) is 4.90 Å². The summed E-state index contributed by atoms with van der Waals surface area (Å²) in [6, 6.07) is 4.23. The highest BCUT2D eigenvalue weighted by atomic mass is 32.1. The molecule has 3 rings (SSSR count). The van der Waals surface area contributed by atoms with Crippen LogP contribution in [0.2, 0.25) is 0 Å². The van der Waals surface area contributed by atoms with Gasteiger partial charge < -0.3 is 9.64 Å². The number of fused-ring (bicyclic) bond motifs is 1. The van der Waals surface area contributed by atoms with E-state index in [1.54, 1.807) is 11.3 Å². The predicted molar refractivity (Wildman–Crippen MR) is 80.1 cm³/mol. The highest BCUT2D eigenvalue weighted by Gasteiger charge is 2.13. The third-order valence-electron chi connectivity index (χ3n) is 3.57. The van der Waals surface area contributed by atoms with Gasteiger partial charge in [-0.05, 0) is 22.9 Å². The maximum Gasteiger partial charge on any atom is 0.146 e. The third kappa shape index (κ3) is 2.88. The molecule has 1 saturated heterocycles. The van der Waals surface area contributed by atoms with E-state index in [-0.39, 0.29) is 0 Å². The Balaban J connectivity index is 1.66. The van der Waals surface area contributed by atoms with Crippen LogP contribution in [0.5, 0.6) is 0 Å². The average Bonchev–Trinajstić information content (AvgIpc) is 2.94. The van der Waals surface area contributed by atoms with Crippen molar-refractivity contribution in [3.8, 4) is 0 Å². The number of hydrogen-bond acceptors (Lipinski definition) is 5. The summed E-state index contributed by atoms with van der Waals surface area (Å²) in [4.78, 5) is 9.25. The smallest absolute Gasteiger partial charge is 0.146 e. The lowest BCUT2D eigenvalue weighted by Crippen LogP contribution is -2.40. The molecule has 4 nitrogen and oxygen atoms in total. The molecule has 0 unspecified atom stereocenters. The number of rotatable bonds is 4. The van der Waals surface area contributed by atoms with Gasteiger partial charge in [0.2, 0.25) is 0 Å². The fourth-order valence-electron chi connectivity index (χ4n) is 2.37. The van der Waals surface area contributed by atoms with Crippen LogP contribution in [0.3, 0.4) is 0 Å². The van der Waals surface area contributed by atoms with Gasteiger partial charge in [-0.25, -0.2) is 4.98 Å². The van der Waals surface area contributed by atoms with E-state index < -0.39 is 0 Å². The Hall–Kier alpha value is -1.17. The molecule has 19 heavy (non-hydrogen) atoms. The Kier molecular flexibility index (Phi) is 3.96. The molecule has 0 spiro atoms. The summed E-state index contributed by atoms with van der Waals surface area (Å²) >= 11 is 1.77. The quantitative estimate of drug-likeness (QED) is 0.855. The van der Waals surface area contributed by atoms with Crippen molar-refractivity contribution in [1.29, 1.82) is 0 Å².